The zero-order chi connectivity index (χ0) is 11.7. The molecule has 1 aliphatic carbocycles. The molecule has 0 heterocycles. The first-order chi connectivity index (χ1) is 6.77. The topological polar surface area (TPSA) is 51.2 Å². The van der Waals surface area contributed by atoms with Crippen molar-refractivity contribution in [2.24, 2.45) is 5.92 Å². The summed E-state index contributed by atoms with van der Waals surface area (Å²) in [5, 5.41) is 0. The zero-order valence-electron chi connectivity index (χ0n) is 9.75. The standard InChI is InChI=1S/C11H20O3S/c1-11(2,15(3,13)14)10(12)9-7-5-4-6-8-9/h9H,4-8H2,1-3H3. The highest BCUT2D eigenvalue weighted by Crippen LogP contribution is 2.30. The molecule has 0 aromatic rings. The summed E-state index contributed by atoms with van der Waals surface area (Å²) in [4.78, 5) is 12.1. The average molecular weight is 232 g/mol. The molecule has 0 aromatic heterocycles. The molecule has 0 aliphatic heterocycles. The maximum atomic E-state index is 12.1. The molecule has 0 aromatic carbocycles. The van der Waals surface area contributed by atoms with Gasteiger partial charge in [0.25, 0.3) is 0 Å². The van der Waals surface area contributed by atoms with E-state index in [1.54, 1.807) is 0 Å². The Kier molecular flexibility index (Phi) is 3.59. The van der Waals surface area contributed by atoms with E-state index in [1.165, 1.54) is 20.3 Å². The second-order valence-electron chi connectivity index (χ2n) is 4.98. The lowest BCUT2D eigenvalue weighted by atomic mass is 9.82. The van der Waals surface area contributed by atoms with Crippen molar-refractivity contribution in [3.8, 4) is 0 Å². The summed E-state index contributed by atoms with van der Waals surface area (Å²) in [6.45, 7) is 3.05. The predicted molar refractivity (Wildman–Crippen MR) is 60.5 cm³/mol. The van der Waals surface area contributed by atoms with Crippen LogP contribution in [-0.2, 0) is 14.6 Å². The van der Waals surface area contributed by atoms with Crippen LogP contribution in [0.25, 0.3) is 0 Å². The van der Waals surface area contributed by atoms with Crippen molar-refractivity contribution in [2.75, 3.05) is 6.26 Å². The molecular weight excluding hydrogens is 212 g/mol. The molecule has 1 rings (SSSR count). The third-order valence-corrected chi connectivity index (χ3v) is 5.55. The Hall–Kier alpha value is -0.380. The second-order valence-corrected chi connectivity index (χ2v) is 7.55. The molecule has 0 atom stereocenters. The number of sulfone groups is 1. The van der Waals surface area contributed by atoms with Crippen molar-refractivity contribution >= 4 is 15.6 Å². The number of Topliss-reactive ketones (excluding diaryl/α,β-unsaturated/α-hetero) is 1. The summed E-state index contributed by atoms with van der Waals surface area (Å²) in [6, 6.07) is 0. The molecule has 1 aliphatic rings. The molecule has 88 valence electrons. The van der Waals surface area contributed by atoms with Crippen LogP contribution >= 0.6 is 0 Å². The predicted octanol–water partition coefficient (Wildman–Crippen LogP) is 1.96. The maximum Gasteiger partial charge on any atom is 0.159 e. The Morgan fingerprint density at radius 1 is 1.13 bits per heavy atom. The van der Waals surface area contributed by atoms with Gasteiger partial charge in [-0.15, -0.1) is 0 Å². The molecule has 0 bridgehead atoms. The Bertz CT molecular complexity index is 335. The van der Waals surface area contributed by atoms with Crippen LogP contribution in [0.5, 0.6) is 0 Å². The van der Waals surface area contributed by atoms with Gasteiger partial charge in [-0.05, 0) is 26.7 Å². The smallest absolute Gasteiger partial charge is 0.159 e. The molecule has 0 radical (unpaired) electrons. The molecule has 1 saturated carbocycles. The highest BCUT2D eigenvalue weighted by atomic mass is 32.2. The van der Waals surface area contributed by atoms with E-state index in [2.05, 4.69) is 0 Å². The Morgan fingerprint density at radius 3 is 2.00 bits per heavy atom. The minimum absolute atomic E-state index is 0.0384. The largest absolute Gasteiger partial charge is 0.298 e. The summed E-state index contributed by atoms with van der Waals surface area (Å²) in [7, 11) is -3.30. The molecule has 4 heteroatoms. The van der Waals surface area contributed by atoms with E-state index in [4.69, 9.17) is 0 Å². The van der Waals surface area contributed by atoms with Crippen LogP contribution in [0, 0.1) is 5.92 Å². The van der Waals surface area contributed by atoms with E-state index in [9.17, 15) is 13.2 Å². The lowest BCUT2D eigenvalue weighted by molar-refractivity contribution is -0.125. The van der Waals surface area contributed by atoms with Crippen LogP contribution in [0.4, 0.5) is 0 Å². The first kappa shape index (κ1) is 12.7. The van der Waals surface area contributed by atoms with Gasteiger partial charge in [0, 0.05) is 12.2 Å². The van der Waals surface area contributed by atoms with E-state index in [1.807, 2.05) is 0 Å². The first-order valence-electron chi connectivity index (χ1n) is 5.51. The Labute approximate surface area is 92.2 Å². The quantitative estimate of drug-likeness (QED) is 0.747. The molecular formula is C11H20O3S. The number of hydrogen-bond acceptors (Lipinski definition) is 3. The van der Waals surface area contributed by atoms with Gasteiger partial charge in [0.2, 0.25) is 0 Å². The van der Waals surface area contributed by atoms with Crippen molar-refractivity contribution < 1.29 is 13.2 Å². The van der Waals surface area contributed by atoms with Crippen LogP contribution in [0.15, 0.2) is 0 Å². The minimum atomic E-state index is -3.30. The maximum absolute atomic E-state index is 12.1. The first-order valence-corrected chi connectivity index (χ1v) is 7.40. The minimum Gasteiger partial charge on any atom is -0.298 e. The molecule has 0 saturated heterocycles. The highest BCUT2D eigenvalue weighted by molar-refractivity contribution is 7.92. The summed E-state index contributed by atoms with van der Waals surface area (Å²) in [5.74, 6) is -0.131. The van der Waals surface area contributed by atoms with E-state index in [0.717, 1.165) is 31.9 Å². The van der Waals surface area contributed by atoms with Crippen molar-refractivity contribution in [2.45, 2.75) is 50.7 Å². The zero-order valence-corrected chi connectivity index (χ0v) is 10.6. The summed E-state index contributed by atoms with van der Waals surface area (Å²) in [6.07, 6.45) is 6.14. The van der Waals surface area contributed by atoms with Crippen LogP contribution in [0.1, 0.15) is 46.0 Å². The molecule has 0 unspecified atom stereocenters. The normalized spacial score (nSPS) is 20.2. The summed E-state index contributed by atoms with van der Waals surface area (Å²) < 4.78 is 21.8. The van der Waals surface area contributed by atoms with Crippen LogP contribution in [-0.4, -0.2) is 25.2 Å². The van der Waals surface area contributed by atoms with Gasteiger partial charge >= 0.3 is 0 Å². The van der Waals surface area contributed by atoms with Gasteiger partial charge in [0.15, 0.2) is 15.6 Å². The van der Waals surface area contributed by atoms with Crippen molar-refractivity contribution in [1.29, 1.82) is 0 Å². The number of ketones is 1. The molecule has 1 fully saturated rings. The van der Waals surface area contributed by atoms with Crippen LogP contribution in [0.2, 0.25) is 0 Å². The van der Waals surface area contributed by atoms with Gasteiger partial charge in [0.05, 0.1) is 0 Å². The van der Waals surface area contributed by atoms with Gasteiger partial charge in [-0.1, -0.05) is 19.3 Å². The lowest BCUT2D eigenvalue weighted by Crippen LogP contribution is -2.44. The van der Waals surface area contributed by atoms with Gasteiger partial charge in [-0.3, -0.25) is 4.79 Å². The molecule has 3 nitrogen and oxygen atoms in total. The Morgan fingerprint density at radius 2 is 1.60 bits per heavy atom. The summed E-state index contributed by atoms with van der Waals surface area (Å²) >= 11 is 0. The SMILES string of the molecule is CC(C)(C(=O)C1CCCCC1)S(C)(=O)=O. The van der Waals surface area contributed by atoms with Gasteiger partial charge in [-0.25, -0.2) is 8.42 Å². The van der Waals surface area contributed by atoms with Crippen LogP contribution in [0.3, 0.4) is 0 Å². The molecule has 0 amide bonds. The van der Waals surface area contributed by atoms with Crippen molar-refractivity contribution in [3.05, 3.63) is 0 Å². The lowest BCUT2D eigenvalue weighted by Gasteiger charge is -2.28. The molecule has 15 heavy (non-hydrogen) atoms. The van der Waals surface area contributed by atoms with Crippen molar-refractivity contribution in [1.82, 2.24) is 0 Å². The molecule has 0 N–H and O–H groups in total. The van der Waals surface area contributed by atoms with E-state index < -0.39 is 14.6 Å². The third kappa shape index (κ3) is 2.60. The average Bonchev–Trinajstić information content (AvgIpc) is 2.16. The number of hydrogen-bond donors (Lipinski definition) is 0. The number of carbonyl (C=O) groups is 1. The van der Waals surface area contributed by atoms with E-state index >= 15 is 0 Å². The summed E-state index contributed by atoms with van der Waals surface area (Å²) in [5.41, 5.74) is 0. The fourth-order valence-corrected chi connectivity index (χ4v) is 2.57. The number of rotatable bonds is 3. The highest BCUT2D eigenvalue weighted by Gasteiger charge is 2.41. The molecule has 0 spiro atoms. The fraction of sp³-hybridized carbons (Fsp3) is 0.909. The fourth-order valence-electron chi connectivity index (χ4n) is 2.04. The number of carbonyl (C=O) groups excluding carboxylic acids is 1. The van der Waals surface area contributed by atoms with Crippen molar-refractivity contribution in [3.63, 3.8) is 0 Å². The van der Waals surface area contributed by atoms with Crippen LogP contribution < -0.4 is 0 Å². The van der Waals surface area contributed by atoms with Gasteiger partial charge in [0.1, 0.15) is 4.75 Å². The Balaban J connectivity index is 2.83. The third-order valence-electron chi connectivity index (χ3n) is 3.50. The van der Waals surface area contributed by atoms with E-state index in [-0.39, 0.29) is 11.7 Å². The van der Waals surface area contributed by atoms with Gasteiger partial charge < -0.3 is 0 Å². The van der Waals surface area contributed by atoms with Gasteiger partial charge in [-0.2, -0.15) is 0 Å². The second kappa shape index (κ2) is 4.24. The van der Waals surface area contributed by atoms with E-state index in [0.29, 0.717) is 0 Å². The monoisotopic (exact) mass is 232 g/mol.